The summed E-state index contributed by atoms with van der Waals surface area (Å²) in [5, 5.41) is 5.88. The third-order valence-electron chi connectivity index (χ3n) is 3.37. The Morgan fingerprint density at radius 1 is 1.19 bits per heavy atom. The maximum Gasteiger partial charge on any atom is 0.243 e. The standard InChI is InChI=1S/C16H25N3O2/c1-12-7-5-8-13(2)16(12)18-14(20)11-19(4)15(21)9-6-10-17-3/h5,7-8,17H,6,9-11H2,1-4H3,(H,18,20). The number of nitrogens with one attached hydrogen (secondary N) is 2. The number of para-hydroxylation sites is 1. The van der Waals surface area contributed by atoms with Gasteiger partial charge in [0.15, 0.2) is 0 Å². The number of amides is 2. The van der Waals surface area contributed by atoms with Gasteiger partial charge >= 0.3 is 0 Å². The van der Waals surface area contributed by atoms with Gasteiger partial charge in [0.05, 0.1) is 6.54 Å². The van der Waals surface area contributed by atoms with Gasteiger partial charge in [-0.25, -0.2) is 0 Å². The minimum absolute atomic E-state index is 0.0121. The number of nitrogens with zero attached hydrogens (tertiary/aromatic N) is 1. The summed E-state index contributed by atoms with van der Waals surface area (Å²) in [7, 11) is 3.51. The van der Waals surface area contributed by atoms with Crippen molar-refractivity contribution in [1.29, 1.82) is 0 Å². The third kappa shape index (κ3) is 5.55. The van der Waals surface area contributed by atoms with E-state index in [2.05, 4.69) is 10.6 Å². The van der Waals surface area contributed by atoms with Crippen LogP contribution in [0.2, 0.25) is 0 Å². The lowest BCUT2D eigenvalue weighted by molar-refractivity contribution is -0.133. The first kappa shape index (κ1) is 17.2. The van der Waals surface area contributed by atoms with E-state index in [0.717, 1.165) is 29.8 Å². The molecule has 0 bridgehead atoms. The van der Waals surface area contributed by atoms with Crippen LogP contribution in [0, 0.1) is 13.8 Å². The lowest BCUT2D eigenvalue weighted by Crippen LogP contribution is -2.35. The number of carbonyl (C=O) groups excluding carboxylic acids is 2. The molecule has 0 saturated carbocycles. The summed E-state index contributed by atoms with van der Waals surface area (Å²) in [5.41, 5.74) is 2.87. The summed E-state index contributed by atoms with van der Waals surface area (Å²) in [6, 6.07) is 5.86. The van der Waals surface area contributed by atoms with Crippen LogP contribution in [-0.4, -0.2) is 43.9 Å². The highest BCUT2D eigenvalue weighted by Gasteiger charge is 2.13. The molecule has 1 aromatic carbocycles. The number of anilines is 1. The van der Waals surface area contributed by atoms with Gasteiger partial charge in [-0.3, -0.25) is 9.59 Å². The fraction of sp³-hybridized carbons (Fsp3) is 0.500. The average Bonchev–Trinajstić information content (AvgIpc) is 2.43. The molecule has 0 atom stereocenters. The molecule has 0 aliphatic carbocycles. The van der Waals surface area contributed by atoms with E-state index < -0.39 is 0 Å². The van der Waals surface area contributed by atoms with Gasteiger partial charge in [-0.2, -0.15) is 0 Å². The molecule has 0 saturated heterocycles. The van der Waals surface area contributed by atoms with Crippen molar-refractivity contribution in [2.45, 2.75) is 26.7 Å². The Labute approximate surface area is 126 Å². The van der Waals surface area contributed by atoms with Gasteiger partial charge in [-0.05, 0) is 45.0 Å². The van der Waals surface area contributed by atoms with E-state index in [1.807, 2.05) is 39.1 Å². The molecule has 1 rings (SSSR count). The van der Waals surface area contributed by atoms with Gasteiger partial charge in [0.25, 0.3) is 0 Å². The fourth-order valence-electron chi connectivity index (χ4n) is 2.10. The highest BCUT2D eigenvalue weighted by atomic mass is 16.2. The van der Waals surface area contributed by atoms with Crippen molar-refractivity contribution in [3.63, 3.8) is 0 Å². The first-order chi connectivity index (χ1) is 9.95. The van der Waals surface area contributed by atoms with E-state index >= 15 is 0 Å². The largest absolute Gasteiger partial charge is 0.336 e. The van der Waals surface area contributed by atoms with E-state index in [1.165, 1.54) is 4.90 Å². The molecule has 5 nitrogen and oxygen atoms in total. The van der Waals surface area contributed by atoms with E-state index in [4.69, 9.17) is 0 Å². The molecule has 21 heavy (non-hydrogen) atoms. The topological polar surface area (TPSA) is 61.4 Å². The molecule has 0 heterocycles. The molecule has 2 N–H and O–H groups in total. The van der Waals surface area contributed by atoms with E-state index in [9.17, 15) is 9.59 Å². The number of carbonyl (C=O) groups is 2. The molecule has 0 aromatic heterocycles. The number of aryl methyl sites for hydroxylation is 2. The van der Waals surface area contributed by atoms with Crippen LogP contribution in [0.25, 0.3) is 0 Å². The van der Waals surface area contributed by atoms with Crippen molar-refractivity contribution in [2.75, 3.05) is 32.5 Å². The molecule has 5 heteroatoms. The Morgan fingerprint density at radius 2 is 1.81 bits per heavy atom. The van der Waals surface area contributed by atoms with Crippen LogP contribution < -0.4 is 10.6 Å². The van der Waals surface area contributed by atoms with Crippen LogP contribution in [0.4, 0.5) is 5.69 Å². The third-order valence-corrected chi connectivity index (χ3v) is 3.37. The summed E-state index contributed by atoms with van der Waals surface area (Å²) in [4.78, 5) is 25.4. The van der Waals surface area contributed by atoms with Crippen molar-refractivity contribution in [2.24, 2.45) is 0 Å². The molecular weight excluding hydrogens is 266 g/mol. The molecule has 0 fully saturated rings. The van der Waals surface area contributed by atoms with Crippen molar-refractivity contribution in [1.82, 2.24) is 10.2 Å². The number of likely N-dealkylation sites (N-methyl/N-ethyl adjacent to an activating group) is 1. The second-order valence-corrected chi connectivity index (χ2v) is 5.27. The second-order valence-electron chi connectivity index (χ2n) is 5.27. The Morgan fingerprint density at radius 3 is 2.38 bits per heavy atom. The summed E-state index contributed by atoms with van der Waals surface area (Å²) in [6.07, 6.45) is 1.23. The quantitative estimate of drug-likeness (QED) is 0.752. The molecular formula is C16H25N3O2. The highest BCUT2D eigenvalue weighted by Crippen LogP contribution is 2.19. The Bertz CT molecular complexity index is 480. The van der Waals surface area contributed by atoms with E-state index in [1.54, 1.807) is 7.05 Å². The fourth-order valence-corrected chi connectivity index (χ4v) is 2.10. The molecule has 1 aromatic rings. The zero-order valence-corrected chi connectivity index (χ0v) is 13.3. The summed E-state index contributed by atoms with van der Waals surface area (Å²) in [5.74, 6) is -0.182. The predicted molar refractivity (Wildman–Crippen MR) is 85.3 cm³/mol. The maximum atomic E-state index is 12.0. The summed E-state index contributed by atoms with van der Waals surface area (Å²) < 4.78 is 0. The van der Waals surface area contributed by atoms with Gasteiger partial charge < -0.3 is 15.5 Å². The first-order valence-corrected chi connectivity index (χ1v) is 7.20. The minimum Gasteiger partial charge on any atom is -0.336 e. The number of hydrogen-bond acceptors (Lipinski definition) is 3. The number of hydrogen-bond donors (Lipinski definition) is 2. The lowest BCUT2D eigenvalue weighted by Gasteiger charge is -2.18. The Hall–Kier alpha value is -1.88. The van der Waals surface area contributed by atoms with Crippen molar-refractivity contribution >= 4 is 17.5 Å². The van der Waals surface area contributed by atoms with Crippen LogP contribution >= 0.6 is 0 Å². The number of benzene rings is 1. The average molecular weight is 291 g/mol. The van der Waals surface area contributed by atoms with Crippen LogP contribution in [0.5, 0.6) is 0 Å². The lowest BCUT2D eigenvalue weighted by atomic mass is 10.1. The summed E-state index contributed by atoms with van der Waals surface area (Å²) in [6.45, 7) is 4.78. The van der Waals surface area contributed by atoms with Gasteiger partial charge in [0, 0.05) is 19.2 Å². The zero-order valence-electron chi connectivity index (χ0n) is 13.3. The maximum absolute atomic E-state index is 12.0. The summed E-state index contributed by atoms with van der Waals surface area (Å²) >= 11 is 0. The smallest absolute Gasteiger partial charge is 0.243 e. The van der Waals surface area contributed by atoms with Crippen molar-refractivity contribution < 1.29 is 9.59 Å². The molecule has 116 valence electrons. The zero-order chi connectivity index (χ0) is 15.8. The van der Waals surface area contributed by atoms with E-state index in [-0.39, 0.29) is 18.4 Å². The predicted octanol–water partition coefficient (Wildman–Crippen LogP) is 1.70. The molecule has 0 radical (unpaired) electrons. The van der Waals surface area contributed by atoms with Gasteiger partial charge in [-0.15, -0.1) is 0 Å². The van der Waals surface area contributed by atoms with Gasteiger partial charge in [-0.1, -0.05) is 18.2 Å². The van der Waals surface area contributed by atoms with E-state index in [0.29, 0.717) is 6.42 Å². The van der Waals surface area contributed by atoms with Gasteiger partial charge in [0.2, 0.25) is 11.8 Å². The van der Waals surface area contributed by atoms with Crippen LogP contribution in [-0.2, 0) is 9.59 Å². The monoisotopic (exact) mass is 291 g/mol. The van der Waals surface area contributed by atoms with Crippen LogP contribution in [0.15, 0.2) is 18.2 Å². The SMILES string of the molecule is CNCCCC(=O)N(C)CC(=O)Nc1c(C)cccc1C. The molecule has 0 unspecified atom stereocenters. The molecule has 0 aliphatic heterocycles. The van der Waals surface area contributed by atoms with Crippen molar-refractivity contribution in [3.05, 3.63) is 29.3 Å². The Kier molecular flexibility index (Phi) is 6.88. The molecule has 2 amide bonds. The first-order valence-electron chi connectivity index (χ1n) is 7.20. The van der Waals surface area contributed by atoms with Gasteiger partial charge in [0.1, 0.15) is 0 Å². The second kappa shape index (κ2) is 8.42. The highest BCUT2D eigenvalue weighted by molar-refractivity contribution is 5.95. The Balaban J connectivity index is 2.51. The molecule has 0 spiro atoms. The number of rotatable bonds is 7. The normalized spacial score (nSPS) is 10.3. The van der Waals surface area contributed by atoms with Crippen molar-refractivity contribution in [3.8, 4) is 0 Å². The molecule has 0 aliphatic rings. The van der Waals surface area contributed by atoms with Crippen LogP contribution in [0.1, 0.15) is 24.0 Å². The minimum atomic E-state index is -0.170. The van der Waals surface area contributed by atoms with Crippen LogP contribution in [0.3, 0.4) is 0 Å².